The number of hydrogen-bond donors (Lipinski definition) is 0. The molecule has 5 rings (SSSR count). The highest BCUT2D eigenvalue weighted by molar-refractivity contribution is 7.88. The standard InChI is InChI=1S/C28H17F6OP/c29-27(30,31)20-11-14-22(15-12-20)36(35)24-16-13-21(28(32,33)34)17-23(24)25(18-7-3-1-4-8-18)26(36)19-9-5-2-6-10-19/h1-17H. The van der Waals surface area contributed by atoms with E-state index in [-0.39, 0.29) is 16.2 Å². The van der Waals surface area contributed by atoms with Gasteiger partial charge in [-0.3, -0.25) is 0 Å². The van der Waals surface area contributed by atoms with Crippen LogP contribution in [0, 0.1) is 0 Å². The molecular formula is C28H17F6OP. The molecule has 0 N–H and O–H groups in total. The van der Waals surface area contributed by atoms with Gasteiger partial charge in [0.2, 0.25) is 0 Å². The van der Waals surface area contributed by atoms with Gasteiger partial charge >= 0.3 is 12.4 Å². The van der Waals surface area contributed by atoms with Crippen LogP contribution in [0.15, 0.2) is 103 Å². The van der Waals surface area contributed by atoms with Gasteiger partial charge in [-0.1, -0.05) is 72.8 Å². The summed E-state index contributed by atoms with van der Waals surface area (Å²) >= 11 is 0. The van der Waals surface area contributed by atoms with Gasteiger partial charge in [-0.2, -0.15) is 26.3 Å². The predicted octanol–water partition coefficient (Wildman–Crippen LogP) is 7.97. The van der Waals surface area contributed by atoms with E-state index >= 15 is 4.57 Å². The van der Waals surface area contributed by atoms with Crippen LogP contribution in [-0.4, -0.2) is 0 Å². The summed E-state index contributed by atoms with van der Waals surface area (Å²) in [5.41, 5.74) is -0.212. The molecule has 0 radical (unpaired) electrons. The highest BCUT2D eigenvalue weighted by atomic mass is 31.2. The van der Waals surface area contributed by atoms with Crippen molar-refractivity contribution in [2.24, 2.45) is 0 Å². The van der Waals surface area contributed by atoms with Crippen molar-refractivity contribution >= 4 is 28.6 Å². The van der Waals surface area contributed by atoms with Gasteiger partial charge < -0.3 is 4.57 Å². The summed E-state index contributed by atoms with van der Waals surface area (Å²) in [6.45, 7) is 0. The summed E-state index contributed by atoms with van der Waals surface area (Å²) in [5, 5.41) is 0.567. The Labute approximate surface area is 203 Å². The number of halogens is 6. The van der Waals surface area contributed by atoms with E-state index in [1.807, 2.05) is 0 Å². The molecule has 4 aromatic rings. The van der Waals surface area contributed by atoms with Crippen molar-refractivity contribution in [2.75, 3.05) is 0 Å². The minimum atomic E-state index is -4.63. The molecule has 1 unspecified atom stereocenters. The quantitative estimate of drug-likeness (QED) is 0.200. The van der Waals surface area contributed by atoms with Gasteiger partial charge in [-0.25, -0.2) is 0 Å². The molecule has 1 atom stereocenters. The number of benzene rings is 4. The Bertz CT molecular complexity index is 1500. The first-order valence-electron chi connectivity index (χ1n) is 10.9. The van der Waals surface area contributed by atoms with Crippen molar-refractivity contribution in [2.45, 2.75) is 12.4 Å². The van der Waals surface area contributed by atoms with E-state index in [0.717, 1.165) is 36.4 Å². The third-order valence-corrected chi connectivity index (χ3v) is 9.36. The Balaban J connectivity index is 1.88. The minimum absolute atomic E-state index is 0.112. The van der Waals surface area contributed by atoms with Crippen molar-refractivity contribution in [1.29, 1.82) is 0 Å². The maximum atomic E-state index is 15.1. The molecule has 0 fully saturated rings. The first-order chi connectivity index (χ1) is 17.0. The summed E-state index contributed by atoms with van der Waals surface area (Å²) in [5.74, 6) is 0. The molecule has 0 spiro atoms. The van der Waals surface area contributed by atoms with Crippen LogP contribution in [0.1, 0.15) is 27.8 Å². The number of rotatable bonds is 3. The predicted molar refractivity (Wildman–Crippen MR) is 129 cm³/mol. The largest absolute Gasteiger partial charge is 0.416 e. The van der Waals surface area contributed by atoms with Crippen LogP contribution in [0.4, 0.5) is 26.3 Å². The number of fused-ring (bicyclic) bond motifs is 1. The van der Waals surface area contributed by atoms with Crippen molar-refractivity contribution in [3.05, 3.63) is 131 Å². The highest BCUT2D eigenvalue weighted by Gasteiger charge is 2.45. The van der Waals surface area contributed by atoms with Crippen LogP contribution in [0.5, 0.6) is 0 Å². The molecule has 1 nitrogen and oxygen atoms in total. The zero-order valence-electron chi connectivity index (χ0n) is 18.4. The Morgan fingerprint density at radius 3 is 1.58 bits per heavy atom. The minimum Gasteiger partial charge on any atom is -0.309 e. The van der Waals surface area contributed by atoms with Gasteiger partial charge in [0.25, 0.3) is 0 Å². The molecule has 0 bridgehead atoms. The third kappa shape index (κ3) is 3.97. The van der Waals surface area contributed by atoms with E-state index in [4.69, 9.17) is 0 Å². The van der Waals surface area contributed by atoms with E-state index in [2.05, 4.69) is 0 Å². The molecule has 0 saturated carbocycles. The first-order valence-corrected chi connectivity index (χ1v) is 12.6. The maximum absolute atomic E-state index is 15.1. The van der Waals surface area contributed by atoms with Gasteiger partial charge in [0.1, 0.15) is 0 Å². The smallest absolute Gasteiger partial charge is 0.309 e. The van der Waals surface area contributed by atoms with E-state index < -0.39 is 30.6 Å². The van der Waals surface area contributed by atoms with E-state index in [1.54, 1.807) is 60.7 Å². The normalized spacial score (nSPS) is 17.8. The van der Waals surface area contributed by atoms with Gasteiger partial charge in [-0.05, 0) is 47.0 Å². The molecule has 1 aliphatic heterocycles. The highest BCUT2D eigenvalue weighted by Crippen LogP contribution is 2.65. The van der Waals surface area contributed by atoms with Crippen LogP contribution in [0.25, 0.3) is 10.9 Å². The second kappa shape index (κ2) is 8.52. The van der Waals surface area contributed by atoms with Crippen molar-refractivity contribution in [3.63, 3.8) is 0 Å². The SMILES string of the molecule is O=P1(c2ccc(C(F)(F)F)cc2)C(c2ccccc2)=C(c2ccccc2)c2cc(C(F)(F)F)ccc21. The molecule has 182 valence electrons. The molecule has 36 heavy (non-hydrogen) atoms. The van der Waals surface area contributed by atoms with Gasteiger partial charge in [0.15, 0.2) is 7.14 Å². The van der Waals surface area contributed by atoms with Crippen molar-refractivity contribution in [1.82, 2.24) is 0 Å². The maximum Gasteiger partial charge on any atom is 0.416 e. The van der Waals surface area contributed by atoms with Crippen molar-refractivity contribution < 1.29 is 30.9 Å². The number of alkyl halides is 6. The van der Waals surface area contributed by atoms with Crippen LogP contribution >= 0.6 is 7.14 Å². The Kier molecular flexibility index (Phi) is 5.72. The monoisotopic (exact) mass is 514 g/mol. The fraction of sp³-hybridized carbons (Fsp3) is 0.0714. The summed E-state index contributed by atoms with van der Waals surface area (Å²) in [6.07, 6.45) is -9.22. The molecule has 8 heteroatoms. The van der Waals surface area contributed by atoms with Crippen LogP contribution in [0.3, 0.4) is 0 Å². The Hall–Kier alpha value is -3.57. The average molecular weight is 514 g/mol. The van der Waals surface area contributed by atoms with E-state index in [1.165, 1.54) is 6.07 Å². The molecule has 0 aromatic heterocycles. The summed E-state index contributed by atoms with van der Waals surface area (Å²) < 4.78 is 95.8. The average Bonchev–Trinajstić information content (AvgIpc) is 3.13. The lowest BCUT2D eigenvalue weighted by atomic mass is 9.94. The molecule has 4 aromatic carbocycles. The lowest BCUT2D eigenvalue weighted by Crippen LogP contribution is -2.18. The Morgan fingerprint density at radius 1 is 0.556 bits per heavy atom. The fourth-order valence-electron chi connectivity index (χ4n) is 4.54. The lowest BCUT2D eigenvalue weighted by molar-refractivity contribution is -0.138. The molecule has 0 saturated heterocycles. The Morgan fingerprint density at radius 2 is 1.06 bits per heavy atom. The first kappa shape index (κ1) is 24.1. The van der Waals surface area contributed by atoms with E-state index in [9.17, 15) is 26.3 Å². The summed E-state index contributed by atoms with van der Waals surface area (Å²) in [6, 6.07) is 24.2. The zero-order valence-corrected chi connectivity index (χ0v) is 19.3. The lowest BCUT2D eigenvalue weighted by Gasteiger charge is -2.20. The summed E-state index contributed by atoms with van der Waals surface area (Å²) in [7, 11) is -3.87. The number of hydrogen-bond acceptors (Lipinski definition) is 1. The van der Waals surface area contributed by atoms with Crippen molar-refractivity contribution in [3.8, 4) is 0 Å². The molecular weight excluding hydrogens is 497 g/mol. The van der Waals surface area contributed by atoms with E-state index in [0.29, 0.717) is 22.0 Å². The molecule has 1 aliphatic rings. The summed E-state index contributed by atoms with van der Waals surface area (Å²) in [4.78, 5) is 0. The molecule has 0 amide bonds. The zero-order chi connectivity index (χ0) is 25.7. The van der Waals surface area contributed by atoms with Gasteiger partial charge in [0.05, 0.1) is 11.1 Å². The van der Waals surface area contributed by atoms with Crippen LogP contribution in [0.2, 0.25) is 0 Å². The van der Waals surface area contributed by atoms with Crippen LogP contribution in [-0.2, 0) is 16.9 Å². The van der Waals surface area contributed by atoms with Gasteiger partial charge in [0, 0.05) is 21.5 Å². The second-order valence-corrected chi connectivity index (χ2v) is 11.0. The van der Waals surface area contributed by atoms with Gasteiger partial charge in [-0.15, -0.1) is 0 Å². The second-order valence-electron chi connectivity index (χ2n) is 8.34. The third-order valence-electron chi connectivity index (χ3n) is 6.15. The molecule has 1 heterocycles. The molecule has 0 aliphatic carbocycles. The van der Waals surface area contributed by atoms with Crippen LogP contribution < -0.4 is 10.6 Å². The topological polar surface area (TPSA) is 17.1 Å². The fourth-order valence-corrected chi connectivity index (χ4v) is 7.76.